The number of amides is 2. The maximum Gasteiger partial charge on any atom is 0.247 e. The zero-order valence-corrected chi connectivity index (χ0v) is 13.3. The van der Waals surface area contributed by atoms with Crippen LogP contribution in [0.4, 0.5) is 11.4 Å². The van der Waals surface area contributed by atoms with Crippen molar-refractivity contribution < 1.29 is 14.3 Å². The van der Waals surface area contributed by atoms with Gasteiger partial charge < -0.3 is 20.7 Å². The Morgan fingerprint density at radius 1 is 1.41 bits per heavy atom. The van der Waals surface area contributed by atoms with Gasteiger partial charge in [0.2, 0.25) is 11.8 Å². The molecule has 3 N–H and O–H groups in total. The predicted molar refractivity (Wildman–Crippen MR) is 85.6 cm³/mol. The molecule has 0 radical (unpaired) electrons. The van der Waals surface area contributed by atoms with Crippen molar-refractivity contribution >= 4 is 23.2 Å². The van der Waals surface area contributed by atoms with Gasteiger partial charge in [0.1, 0.15) is 11.8 Å². The molecule has 1 aliphatic heterocycles. The lowest BCUT2D eigenvalue weighted by Gasteiger charge is -2.29. The zero-order chi connectivity index (χ0) is 16.3. The molecule has 120 valence electrons. The van der Waals surface area contributed by atoms with E-state index in [9.17, 15) is 9.59 Å². The van der Waals surface area contributed by atoms with Gasteiger partial charge in [0, 0.05) is 18.7 Å². The maximum absolute atomic E-state index is 12.6. The van der Waals surface area contributed by atoms with Gasteiger partial charge >= 0.3 is 0 Å². The predicted octanol–water partition coefficient (Wildman–Crippen LogP) is 1.86. The molecule has 0 aromatic heterocycles. The van der Waals surface area contributed by atoms with Crippen molar-refractivity contribution in [1.29, 1.82) is 0 Å². The number of likely N-dealkylation sites (tertiary alicyclic amines) is 1. The molecule has 1 heterocycles. The molecule has 1 unspecified atom stereocenters. The first kappa shape index (κ1) is 16.1. The summed E-state index contributed by atoms with van der Waals surface area (Å²) in [6.07, 6.45) is 1.33. The highest BCUT2D eigenvalue weighted by molar-refractivity contribution is 5.98. The minimum absolute atomic E-state index is 0.0395. The van der Waals surface area contributed by atoms with Crippen LogP contribution in [0.15, 0.2) is 18.2 Å². The van der Waals surface area contributed by atoms with E-state index in [1.54, 1.807) is 23.1 Å². The smallest absolute Gasteiger partial charge is 0.247 e. The van der Waals surface area contributed by atoms with Crippen molar-refractivity contribution in [1.82, 2.24) is 4.90 Å². The first-order chi connectivity index (χ1) is 10.4. The molecule has 1 aliphatic rings. The number of hydrogen-bond acceptors (Lipinski definition) is 4. The van der Waals surface area contributed by atoms with Gasteiger partial charge in [0.15, 0.2) is 0 Å². The maximum atomic E-state index is 12.6. The van der Waals surface area contributed by atoms with Gasteiger partial charge in [-0.25, -0.2) is 0 Å². The highest BCUT2D eigenvalue weighted by atomic mass is 16.5. The molecule has 6 nitrogen and oxygen atoms in total. The second-order valence-electron chi connectivity index (χ2n) is 5.83. The van der Waals surface area contributed by atoms with E-state index in [1.165, 1.54) is 7.11 Å². The molecule has 1 fully saturated rings. The average molecular weight is 305 g/mol. The van der Waals surface area contributed by atoms with Gasteiger partial charge in [-0.1, -0.05) is 13.8 Å². The van der Waals surface area contributed by atoms with Crippen LogP contribution in [0.5, 0.6) is 5.75 Å². The second kappa shape index (κ2) is 6.68. The summed E-state index contributed by atoms with van der Waals surface area (Å²) < 4.78 is 5.10. The van der Waals surface area contributed by atoms with E-state index in [1.807, 2.05) is 13.8 Å². The number of nitrogens with one attached hydrogen (secondary N) is 1. The van der Waals surface area contributed by atoms with E-state index < -0.39 is 6.04 Å². The number of hydrogen-bond donors (Lipinski definition) is 2. The van der Waals surface area contributed by atoms with Gasteiger partial charge in [-0.2, -0.15) is 0 Å². The first-order valence-corrected chi connectivity index (χ1v) is 7.48. The minimum atomic E-state index is -0.460. The summed E-state index contributed by atoms with van der Waals surface area (Å²) in [4.78, 5) is 26.2. The van der Waals surface area contributed by atoms with Crippen molar-refractivity contribution in [2.45, 2.75) is 32.7 Å². The summed E-state index contributed by atoms with van der Waals surface area (Å²) in [5.41, 5.74) is 6.90. The molecule has 0 bridgehead atoms. The molecule has 1 saturated heterocycles. The molecule has 22 heavy (non-hydrogen) atoms. The minimum Gasteiger partial charge on any atom is -0.495 e. The first-order valence-electron chi connectivity index (χ1n) is 7.48. The summed E-state index contributed by atoms with van der Waals surface area (Å²) in [7, 11) is 1.54. The van der Waals surface area contributed by atoms with E-state index in [0.29, 0.717) is 30.1 Å². The summed E-state index contributed by atoms with van der Waals surface area (Å²) in [6.45, 7) is 4.52. The number of ether oxygens (including phenoxy) is 1. The number of anilines is 2. The Morgan fingerprint density at radius 3 is 2.64 bits per heavy atom. The quantitative estimate of drug-likeness (QED) is 0.813. The Kier molecular flexibility index (Phi) is 4.90. The number of rotatable bonds is 5. The number of nitrogen functional groups attached to an aromatic ring is 1. The number of carbonyl (C=O) groups is 2. The fraction of sp³-hybridized carbons (Fsp3) is 0.500. The summed E-state index contributed by atoms with van der Waals surface area (Å²) in [6, 6.07) is 4.63. The molecular formula is C16H23N3O3. The third-order valence-electron chi connectivity index (χ3n) is 3.84. The molecule has 1 aromatic rings. The Bertz CT molecular complexity index is 572. The molecule has 0 spiro atoms. The molecule has 0 aliphatic carbocycles. The van der Waals surface area contributed by atoms with E-state index in [-0.39, 0.29) is 17.7 Å². The lowest BCUT2D eigenvalue weighted by Crippen LogP contribution is -2.47. The fourth-order valence-corrected chi connectivity index (χ4v) is 2.80. The van der Waals surface area contributed by atoms with Crippen molar-refractivity contribution in [3.05, 3.63) is 18.2 Å². The van der Waals surface area contributed by atoms with Crippen LogP contribution in [0.3, 0.4) is 0 Å². The second-order valence-corrected chi connectivity index (χ2v) is 5.83. The molecular weight excluding hydrogens is 282 g/mol. The number of nitrogens with two attached hydrogens (primary N) is 1. The Hall–Kier alpha value is -2.24. The third-order valence-corrected chi connectivity index (χ3v) is 3.84. The third kappa shape index (κ3) is 3.32. The van der Waals surface area contributed by atoms with Gasteiger partial charge in [-0.15, -0.1) is 0 Å². The Balaban J connectivity index is 2.14. The highest BCUT2D eigenvalue weighted by Gasteiger charge is 2.34. The van der Waals surface area contributed by atoms with Crippen molar-refractivity contribution in [3.8, 4) is 5.75 Å². The van der Waals surface area contributed by atoms with Gasteiger partial charge in [-0.05, 0) is 30.5 Å². The van der Waals surface area contributed by atoms with Crippen LogP contribution in [0.25, 0.3) is 0 Å². The Labute approximate surface area is 130 Å². The van der Waals surface area contributed by atoms with Crippen LogP contribution in [0, 0.1) is 5.92 Å². The summed E-state index contributed by atoms with van der Waals surface area (Å²) >= 11 is 0. The Morgan fingerprint density at radius 2 is 2.14 bits per heavy atom. The highest BCUT2D eigenvalue weighted by Crippen LogP contribution is 2.26. The topological polar surface area (TPSA) is 84.7 Å². The molecule has 1 atom stereocenters. The van der Waals surface area contributed by atoms with Crippen LogP contribution in [0.2, 0.25) is 0 Å². The average Bonchev–Trinajstić information content (AvgIpc) is 2.85. The van der Waals surface area contributed by atoms with Crippen molar-refractivity contribution in [2.75, 3.05) is 24.7 Å². The molecule has 6 heteroatoms. The lowest BCUT2D eigenvalue weighted by molar-refractivity contribution is -0.136. The zero-order valence-electron chi connectivity index (χ0n) is 13.3. The molecule has 1 aromatic carbocycles. The molecule has 2 rings (SSSR count). The van der Waals surface area contributed by atoms with Gasteiger partial charge in [0.25, 0.3) is 0 Å². The normalized spacial score (nSPS) is 16.0. The summed E-state index contributed by atoms with van der Waals surface area (Å²) in [5.74, 6) is 0.462. The van der Waals surface area contributed by atoms with Gasteiger partial charge in [0.05, 0.1) is 12.8 Å². The number of nitrogens with zero attached hydrogens (tertiary/aromatic N) is 1. The SMILES string of the molecule is COc1ccc(NC(=O)C(C(C)C)N2CCCC2=O)cc1N. The molecule has 2 amide bonds. The van der Waals surface area contributed by atoms with E-state index >= 15 is 0 Å². The number of methoxy groups -OCH3 is 1. The monoisotopic (exact) mass is 305 g/mol. The van der Waals surface area contributed by atoms with E-state index in [2.05, 4.69) is 5.32 Å². The standard InChI is InChI=1S/C16H23N3O3/c1-10(2)15(19-8-4-5-14(19)20)16(21)18-11-6-7-13(22-3)12(17)9-11/h6-7,9-10,15H,4-5,8,17H2,1-3H3,(H,18,21). The fourth-order valence-electron chi connectivity index (χ4n) is 2.80. The van der Waals surface area contributed by atoms with Crippen LogP contribution in [-0.4, -0.2) is 36.4 Å². The van der Waals surface area contributed by atoms with Crippen molar-refractivity contribution in [3.63, 3.8) is 0 Å². The van der Waals surface area contributed by atoms with Crippen LogP contribution in [-0.2, 0) is 9.59 Å². The lowest BCUT2D eigenvalue weighted by atomic mass is 10.0. The van der Waals surface area contributed by atoms with Crippen LogP contribution >= 0.6 is 0 Å². The van der Waals surface area contributed by atoms with E-state index in [4.69, 9.17) is 10.5 Å². The van der Waals surface area contributed by atoms with Gasteiger partial charge in [-0.3, -0.25) is 9.59 Å². The van der Waals surface area contributed by atoms with Crippen LogP contribution < -0.4 is 15.8 Å². The summed E-state index contributed by atoms with van der Waals surface area (Å²) in [5, 5.41) is 2.84. The van der Waals surface area contributed by atoms with Crippen molar-refractivity contribution in [2.24, 2.45) is 5.92 Å². The largest absolute Gasteiger partial charge is 0.495 e. The number of benzene rings is 1. The van der Waals surface area contributed by atoms with E-state index in [0.717, 1.165) is 6.42 Å². The number of carbonyl (C=O) groups excluding carboxylic acids is 2. The van der Waals surface area contributed by atoms with Crippen LogP contribution in [0.1, 0.15) is 26.7 Å². The molecule has 0 saturated carbocycles.